The average Bonchev–Trinajstić information content (AvgIpc) is 2.93. The van der Waals surface area contributed by atoms with Crippen LogP contribution in [0.25, 0.3) is 0 Å². The van der Waals surface area contributed by atoms with Crippen molar-refractivity contribution < 1.29 is 14.3 Å². The van der Waals surface area contributed by atoms with Crippen LogP contribution in [-0.4, -0.2) is 36.1 Å². The van der Waals surface area contributed by atoms with E-state index in [9.17, 15) is 9.59 Å². The third-order valence-corrected chi connectivity index (χ3v) is 5.27. The van der Waals surface area contributed by atoms with E-state index >= 15 is 0 Å². The Labute approximate surface area is 150 Å². The van der Waals surface area contributed by atoms with Crippen LogP contribution < -0.4 is 10.6 Å². The first kappa shape index (κ1) is 17.6. The minimum Gasteiger partial charge on any atom is -0.356 e. The van der Waals surface area contributed by atoms with Crippen LogP contribution in [0.3, 0.4) is 0 Å². The standard InChI is InChI=1S/C18H21N3O3S/c1-11-12(2)25-15(20-11)8-9-19-18(23)17-16(21-14(22)10-24-17)13-6-4-3-5-7-13/h3-7,16-17H,8-10H2,1-2H3,(H,19,23)(H,21,22)/t16-,17+/m1/s1. The zero-order valence-electron chi connectivity index (χ0n) is 14.2. The van der Waals surface area contributed by atoms with E-state index in [1.165, 1.54) is 4.88 Å². The second-order valence-electron chi connectivity index (χ2n) is 5.98. The summed E-state index contributed by atoms with van der Waals surface area (Å²) in [5.41, 5.74) is 1.88. The zero-order valence-corrected chi connectivity index (χ0v) is 15.1. The molecule has 2 amide bonds. The Morgan fingerprint density at radius 1 is 1.36 bits per heavy atom. The Kier molecular flexibility index (Phi) is 5.45. The van der Waals surface area contributed by atoms with Gasteiger partial charge in [0.15, 0.2) is 6.10 Å². The van der Waals surface area contributed by atoms with Gasteiger partial charge in [-0.3, -0.25) is 9.59 Å². The number of amides is 2. The number of benzene rings is 1. The third-order valence-electron chi connectivity index (χ3n) is 4.14. The van der Waals surface area contributed by atoms with Crippen LogP contribution in [-0.2, 0) is 20.7 Å². The highest BCUT2D eigenvalue weighted by molar-refractivity contribution is 7.11. The number of nitrogens with one attached hydrogen (secondary N) is 2. The quantitative estimate of drug-likeness (QED) is 0.851. The number of hydrogen-bond donors (Lipinski definition) is 2. The lowest BCUT2D eigenvalue weighted by Crippen LogP contribution is -2.52. The number of ether oxygens (including phenoxy) is 1. The molecule has 1 aromatic carbocycles. The van der Waals surface area contributed by atoms with Gasteiger partial charge in [-0.2, -0.15) is 0 Å². The molecule has 1 aliphatic heterocycles. The molecule has 2 heterocycles. The van der Waals surface area contributed by atoms with Crippen LogP contribution in [0.15, 0.2) is 30.3 Å². The van der Waals surface area contributed by atoms with Crippen molar-refractivity contribution in [1.29, 1.82) is 0 Å². The van der Waals surface area contributed by atoms with E-state index in [1.807, 2.05) is 44.2 Å². The van der Waals surface area contributed by atoms with Gasteiger partial charge in [0.1, 0.15) is 6.61 Å². The Bertz CT molecular complexity index is 741. The highest BCUT2D eigenvalue weighted by atomic mass is 32.1. The van der Waals surface area contributed by atoms with Crippen LogP contribution >= 0.6 is 11.3 Å². The summed E-state index contributed by atoms with van der Waals surface area (Å²) in [6.45, 7) is 4.40. The fourth-order valence-corrected chi connectivity index (χ4v) is 3.67. The van der Waals surface area contributed by atoms with E-state index in [4.69, 9.17) is 4.74 Å². The number of morpholine rings is 1. The van der Waals surface area contributed by atoms with Gasteiger partial charge in [-0.1, -0.05) is 30.3 Å². The van der Waals surface area contributed by atoms with Gasteiger partial charge in [-0.25, -0.2) is 4.98 Å². The first-order chi connectivity index (χ1) is 12.0. The fraction of sp³-hybridized carbons (Fsp3) is 0.389. The van der Waals surface area contributed by atoms with E-state index in [2.05, 4.69) is 15.6 Å². The first-order valence-electron chi connectivity index (χ1n) is 8.21. The van der Waals surface area contributed by atoms with E-state index in [1.54, 1.807) is 11.3 Å². The van der Waals surface area contributed by atoms with Gasteiger partial charge >= 0.3 is 0 Å². The second kappa shape index (κ2) is 7.76. The number of hydrogen-bond acceptors (Lipinski definition) is 5. The van der Waals surface area contributed by atoms with Crippen LogP contribution in [0.5, 0.6) is 0 Å². The van der Waals surface area contributed by atoms with Crippen molar-refractivity contribution in [3.05, 3.63) is 51.5 Å². The van der Waals surface area contributed by atoms with Gasteiger partial charge in [0.25, 0.3) is 5.91 Å². The van der Waals surface area contributed by atoms with Crippen molar-refractivity contribution in [2.45, 2.75) is 32.4 Å². The normalized spacial score (nSPS) is 20.2. The monoisotopic (exact) mass is 359 g/mol. The fourth-order valence-electron chi connectivity index (χ4n) is 2.74. The van der Waals surface area contributed by atoms with Crippen molar-refractivity contribution in [2.24, 2.45) is 0 Å². The summed E-state index contributed by atoms with van der Waals surface area (Å²) in [6.07, 6.45) is -0.0555. The molecule has 0 unspecified atom stereocenters. The molecule has 1 fully saturated rings. The highest BCUT2D eigenvalue weighted by Crippen LogP contribution is 2.22. The lowest BCUT2D eigenvalue weighted by atomic mass is 9.99. The van der Waals surface area contributed by atoms with Crippen LogP contribution in [0.4, 0.5) is 0 Å². The minimum atomic E-state index is -0.736. The summed E-state index contributed by atoms with van der Waals surface area (Å²) >= 11 is 1.65. The maximum Gasteiger partial charge on any atom is 0.251 e. The van der Waals surface area contributed by atoms with Gasteiger partial charge < -0.3 is 15.4 Å². The molecule has 2 atom stereocenters. The van der Waals surface area contributed by atoms with Crippen LogP contribution in [0.1, 0.15) is 27.2 Å². The summed E-state index contributed by atoms with van der Waals surface area (Å²) in [7, 11) is 0. The van der Waals surface area contributed by atoms with Crippen molar-refractivity contribution in [2.75, 3.05) is 13.2 Å². The largest absolute Gasteiger partial charge is 0.356 e. The van der Waals surface area contributed by atoms with E-state index in [0.717, 1.165) is 16.3 Å². The summed E-state index contributed by atoms with van der Waals surface area (Å²) < 4.78 is 5.51. The van der Waals surface area contributed by atoms with Crippen molar-refractivity contribution >= 4 is 23.2 Å². The van der Waals surface area contributed by atoms with Gasteiger partial charge in [-0.15, -0.1) is 11.3 Å². The molecule has 0 aliphatic carbocycles. The molecule has 0 radical (unpaired) electrons. The summed E-state index contributed by atoms with van der Waals surface area (Å²) in [6, 6.07) is 8.91. The summed E-state index contributed by atoms with van der Waals surface area (Å²) in [4.78, 5) is 29.9. The van der Waals surface area contributed by atoms with Gasteiger partial charge in [0.05, 0.1) is 16.7 Å². The highest BCUT2D eigenvalue weighted by Gasteiger charge is 2.35. The Morgan fingerprint density at radius 3 is 2.80 bits per heavy atom. The zero-order chi connectivity index (χ0) is 17.8. The summed E-state index contributed by atoms with van der Waals surface area (Å²) in [5.74, 6) is -0.439. The second-order valence-corrected chi connectivity index (χ2v) is 7.27. The number of aryl methyl sites for hydroxylation is 2. The number of carbonyl (C=O) groups is 2. The smallest absolute Gasteiger partial charge is 0.251 e. The molecule has 0 bridgehead atoms. The average molecular weight is 359 g/mol. The molecule has 2 N–H and O–H groups in total. The molecule has 2 aromatic rings. The topological polar surface area (TPSA) is 80.3 Å². The maximum atomic E-state index is 12.5. The van der Waals surface area contributed by atoms with Crippen LogP contribution in [0, 0.1) is 13.8 Å². The Balaban J connectivity index is 1.61. The molecule has 25 heavy (non-hydrogen) atoms. The first-order valence-corrected chi connectivity index (χ1v) is 9.03. The third kappa shape index (κ3) is 4.24. The summed E-state index contributed by atoms with van der Waals surface area (Å²) in [5, 5.41) is 6.75. The van der Waals surface area contributed by atoms with Gasteiger partial charge in [-0.05, 0) is 19.4 Å². The Morgan fingerprint density at radius 2 is 2.12 bits per heavy atom. The molecule has 1 aliphatic rings. The molecule has 0 spiro atoms. The molecule has 132 valence electrons. The number of thiazole rings is 1. The minimum absolute atomic E-state index is 0.105. The van der Waals surface area contributed by atoms with Crippen LogP contribution in [0.2, 0.25) is 0 Å². The van der Waals surface area contributed by atoms with E-state index < -0.39 is 12.1 Å². The lowest BCUT2D eigenvalue weighted by molar-refractivity contribution is -0.148. The predicted molar refractivity (Wildman–Crippen MR) is 95.4 cm³/mol. The van der Waals surface area contributed by atoms with Gasteiger partial charge in [0, 0.05) is 17.8 Å². The molecule has 7 heteroatoms. The molecular formula is C18H21N3O3S. The number of rotatable bonds is 5. The number of aromatic nitrogens is 1. The van der Waals surface area contributed by atoms with Crippen molar-refractivity contribution in [3.8, 4) is 0 Å². The Hall–Kier alpha value is -2.25. The molecule has 0 saturated carbocycles. The van der Waals surface area contributed by atoms with Gasteiger partial charge in [0.2, 0.25) is 5.91 Å². The molecule has 6 nitrogen and oxygen atoms in total. The van der Waals surface area contributed by atoms with Crippen molar-refractivity contribution in [3.63, 3.8) is 0 Å². The number of carbonyl (C=O) groups excluding carboxylic acids is 2. The van der Waals surface area contributed by atoms with Crippen molar-refractivity contribution in [1.82, 2.24) is 15.6 Å². The predicted octanol–water partition coefficient (Wildman–Crippen LogP) is 1.67. The molecule has 1 saturated heterocycles. The molecule has 1 aromatic heterocycles. The molecular weight excluding hydrogens is 338 g/mol. The van der Waals surface area contributed by atoms with E-state index in [0.29, 0.717) is 13.0 Å². The SMILES string of the molecule is Cc1nc(CCNC(=O)[C@H]2OCC(=O)N[C@@H]2c2ccccc2)sc1C. The molecule has 3 rings (SSSR count). The number of nitrogens with zero attached hydrogens (tertiary/aromatic N) is 1. The lowest BCUT2D eigenvalue weighted by Gasteiger charge is -2.31. The van der Waals surface area contributed by atoms with E-state index in [-0.39, 0.29) is 18.4 Å². The maximum absolute atomic E-state index is 12.5.